The Kier molecular flexibility index (Phi) is 3.18. The summed E-state index contributed by atoms with van der Waals surface area (Å²) >= 11 is 0. The first-order chi connectivity index (χ1) is 6.97. The molecule has 0 saturated heterocycles. The highest BCUT2D eigenvalue weighted by Crippen LogP contribution is 2.26. The highest BCUT2D eigenvalue weighted by Gasteiger charge is 2.19. The fraction of sp³-hybridized carbons (Fsp3) is 0.333. The number of nitrogens with zero attached hydrogens (tertiary/aromatic N) is 1. The van der Waals surface area contributed by atoms with Crippen LogP contribution in [0.3, 0.4) is 0 Å². The molecule has 0 saturated carbocycles. The Morgan fingerprint density at radius 2 is 2.20 bits per heavy atom. The number of alkyl halides is 2. The Hall–Kier alpha value is -1.72. The van der Waals surface area contributed by atoms with Crippen LogP contribution in [0.5, 0.6) is 5.75 Å². The first-order valence-corrected chi connectivity index (χ1v) is 4.04. The lowest BCUT2D eigenvalue weighted by Gasteiger charge is -2.09. The van der Waals surface area contributed by atoms with Crippen LogP contribution in [0, 0.1) is 6.92 Å². The van der Waals surface area contributed by atoms with Crippen LogP contribution in [0.2, 0.25) is 0 Å². The van der Waals surface area contributed by atoms with Crippen LogP contribution >= 0.6 is 0 Å². The third-order valence-corrected chi connectivity index (χ3v) is 1.82. The molecule has 1 aromatic heterocycles. The average Bonchev–Trinajstić information content (AvgIpc) is 2.16. The molecule has 1 rings (SSSR count). The molecule has 0 aliphatic rings. The van der Waals surface area contributed by atoms with Crippen molar-refractivity contribution >= 4 is 5.97 Å². The van der Waals surface area contributed by atoms with Gasteiger partial charge in [-0.2, -0.15) is 0 Å². The second-order valence-electron chi connectivity index (χ2n) is 2.82. The third kappa shape index (κ3) is 2.20. The smallest absolute Gasteiger partial charge is 0.339 e. The van der Waals surface area contributed by atoms with Crippen molar-refractivity contribution in [3.63, 3.8) is 0 Å². The number of aromatic carboxylic acids is 1. The van der Waals surface area contributed by atoms with Crippen LogP contribution in [-0.4, -0.2) is 23.2 Å². The van der Waals surface area contributed by atoms with Crippen molar-refractivity contribution in [3.8, 4) is 5.75 Å². The van der Waals surface area contributed by atoms with Crippen molar-refractivity contribution in [1.82, 2.24) is 4.98 Å². The lowest BCUT2D eigenvalue weighted by atomic mass is 10.1. The molecule has 0 amide bonds. The standard InChI is InChI=1S/C9H9F2NO3/c1-4-7(15-2)5(9(13)14)3-6(12-4)8(10)11/h3,8H,1-2H3,(H,13,14). The number of methoxy groups -OCH3 is 1. The Balaban J connectivity index is 3.38. The number of hydrogen-bond acceptors (Lipinski definition) is 3. The van der Waals surface area contributed by atoms with Crippen LogP contribution in [0.4, 0.5) is 8.78 Å². The fourth-order valence-electron chi connectivity index (χ4n) is 1.21. The van der Waals surface area contributed by atoms with Gasteiger partial charge in [0.05, 0.1) is 12.8 Å². The molecule has 0 unspecified atom stereocenters. The third-order valence-electron chi connectivity index (χ3n) is 1.82. The van der Waals surface area contributed by atoms with Crippen molar-refractivity contribution in [3.05, 3.63) is 23.0 Å². The van der Waals surface area contributed by atoms with E-state index in [-0.39, 0.29) is 17.0 Å². The minimum absolute atomic E-state index is 0.00639. The maximum absolute atomic E-state index is 12.3. The molecule has 1 N–H and O–H groups in total. The molecule has 1 heterocycles. The topological polar surface area (TPSA) is 59.4 Å². The highest BCUT2D eigenvalue weighted by atomic mass is 19.3. The van der Waals surface area contributed by atoms with Crippen LogP contribution in [0.15, 0.2) is 6.07 Å². The highest BCUT2D eigenvalue weighted by molar-refractivity contribution is 5.91. The Morgan fingerprint density at radius 3 is 2.60 bits per heavy atom. The van der Waals surface area contributed by atoms with Gasteiger partial charge in [-0.05, 0) is 13.0 Å². The molecule has 0 aromatic carbocycles. The number of hydrogen-bond donors (Lipinski definition) is 1. The van der Waals surface area contributed by atoms with Crippen molar-refractivity contribution in [1.29, 1.82) is 0 Å². The summed E-state index contributed by atoms with van der Waals surface area (Å²) in [6.07, 6.45) is -2.80. The summed E-state index contributed by atoms with van der Waals surface area (Å²) in [5, 5.41) is 8.77. The molecule has 0 atom stereocenters. The van der Waals surface area contributed by atoms with E-state index in [1.807, 2.05) is 0 Å². The minimum atomic E-state index is -2.80. The van der Waals surface area contributed by atoms with E-state index in [1.54, 1.807) is 0 Å². The summed E-state index contributed by atoms with van der Waals surface area (Å²) in [6, 6.07) is 0.818. The zero-order valence-electron chi connectivity index (χ0n) is 8.12. The van der Waals surface area contributed by atoms with Crippen molar-refractivity contribution in [2.24, 2.45) is 0 Å². The molecule has 6 heteroatoms. The molecule has 0 aliphatic carbocycles. The van der Waals surface area contributed by atoms with Crippen molar-refractivity contribution < 1.29 is 23.4 Å². The van der Waals surface area contributed by atoms with Crippen LogP contribution < -0.4 is 4.74 Å². The number of aromatic nitrogens is 1. The number of ether oxygens (including phenoxy) is 1. The molecule has 4 nitrogen and oxygen atoms in total. The summed E-state index contributed by atoms with van der Waals surface area (Å²) in [7, 11) is 1.26. The molecular formula is C9H9F2NO3. The summed E-state index contributed by atoms with van der Waals surface area (Å²) in [5.41, 5.74) is -0.737. The predicted molar refractivity (Wildman–Crippen MR) is 47.4 cm³/mol. The SMILES string of the molecule is COc1c(C(=O)O)cc(C(F)F)nc1C. The van der Waals surface area contributed by atoms with Gasteiger partial charge in [0.2, 0.25) is 0 Å². The van der Waals surface area contributed by atoms with Gasteiger partial charge < -0.3 is 9.84 Å². The van der Waals surface area contributed by atoms with Crippen molar-refractivity contribution in [2.75, 3.05) is 7.11 Å². The summed E-state index contributed by atoms with van der Waals surface area (Å²) in [4.78, 5) is 14.3. The fourth-order valence-corrected chi connectivity index (χ4v) is 1.21. The summed E-state index contributed by atoms with van der Waals surface area (Å²) < 4.78 is 29.4. The molecule has 0 spiro atoms. The predicted octanol–water partition coefficient (Wildman–Crippen LogP) is 2.03. The Labute approximate surface area is 84.5 Å². The normalized spacial score (nSPS) is 10.5. The second kappa shape index (κ2) is 4.20. The van der Waals surface area contributed by atoms with Crippen LogP contribution in [0.1, 0.15) is 28.2 Å². The Morgan fingerprint density at radius 1 is 1.60 bits per heavy atom. The van der Waals surface area contributed by atoms with Gasteiger partial charge in [0, 0.05) is 0 Å². The van der Waals surface area contributed by atoms with Gasteiger partial charge in [0.15, 0.2) is 5.75 Å². The number of pyridine rings is 1. The van der Waals surface area contributed by atoms with Gasteiger partial charge in [-0.25, -0.2) is 18.6 Å². The van der Waals surface area contributed by atoms with Gasteiger partial charge in [-0.1, -0.05) is 0 Å². The molecule has 0 bridgehead atoms. The minimum Gasteiger partial charge on any atom is -0.494 e. The number of aryl methyl sites for hydroxylation is 1. The lowest BCUT2D eigenvalue weighted by molar-refractivity contribution is 0.0692. The number of carbonyl (C=O) groups is 1. The van der Waals surface area contributed by atoms with E-state index in [0.29, 0.717) is 0 Å². The lowest BCUT2D eigenvalue weighted by Crippen LogP contribution is -2.06. The van der Waals surface area contributed by atoms with Gasteiger partial charge >= 0.3 is 5.97 Å². The van der Waals surface area contributed by atoms with E-state index in [2.05, 4.69) is 4.98 Å². The number of carboxylic acid groups (broad SMARTS) is 1. The van der Waals surface area contributed by atoms with Gasteiger partial charge in [0.1, 0.15) is 11.3 Å². The number of rotatable bonds is 3. The van der Waals surface area contributed by atoms with Gasteiger partial charge in [-0.15, -0.1) is 0 Å². The number of carboxylic acids is 1. The molecule has 15 heavy (non-hydrogen) atoms. The zero-order chi connectivity index (χ0) is 11.6. The number of halogens is 2. The molecule has 0 fully saturated rings. The van der Waals surface area contributed by atoms with Gasteiger partial charge in [0.25, 0.3) is 6.43 Å². The average molecular weight is 217 g/mol. The van der Waals surface area contributed by atoms with Crippen LogP contribution in [-0.2, 0) is 0 Å². The second-order valence-corrected chi connectivity index (χ2v) is 2.82. The molecular weight excluding hydrogens is 208 g/mol. The molecule has 82 valence electrons. The van der Waals surface area contributed by atoms with Gasteiger partial charge in [-0.3, -0.25) is 0 Å². The van der Waals surface area contributed by atoms with E-state index in [9.17, 15) is 13.6 Å². The quantitative estimate of drug-likeness (QED) is 0.841. The molecule has 1 aromatic rings. The maximum atomic E-state index is 12.3. The van der Waals surface area contributed by atoms with E-state index in [4.69, 9.17) is 9.84 Å². The monoisotopic (exact) mass is 217 g/mol. The van der Waals surface area contributed by atoms with Crippen LogP contribution in [0.25, 0.3) is 0 Å². The van der Waals surface area contributed by atoms with E-state index < -0.39 is 18.1 Å². The van der Waals surface area contributed by atoms with E-state index in [0.717, 1.165) is 6.07 Å². The zero-order valence-corrected chi connectivity index (χ0v) is 8.12. The van der Waals surface area contributed by atoms with Crippen molar-refractivity contribution in [2.45, 2.75) is 13.3 Å². The Bertz CT molecular complexity index is 393. The first kappa shape index (κ1) is 11.4. The largest absolute Gasteiger partial charge is 0.494 e. The maximum Gasteiger partial charge on any atom is 0.339 e. The molecule has 0 radical (unpaired) electrons. The summed E-state index contributed by atoms with van der Waals surface area (Å²) in [5.74, 6) is -1.31. The van der Waals surface area contributed by atoms with E-state index in [1.165, 1.54) is 14.0 Å². The summed E-state index contributed by atoms with van der Waals surface area (Å²) in [6.45, 7) is 1.41. The first-order valence-electron chi connectivity index (χ1n) is 4.04. The molecule has 0 aliphatic heterocycles. The van der Waals surface area contributed by atoms with E-state index >= 15 is 0 Å².